The Morgan fingerprint density at radius 1 is 1.19 bits per heavy atom. The number of halogens is 1. The summed E-state index contributed by atoms with van der Waals surface area (Å²) >= 11 is 3.65. The first kappa shape index (κ1) is 20.5. The van der Waals surface area contributed by atoms with Crippen molar-refractivity contribution in [3.8, 4) is 0 Å². The molecule has 5 nitrogen and oxygen atoms in total. The molecule has 2 N–H and O–H groups in total. The first-order valence-electron chi connectivity index (χ1n) is 9.02. The molecule has 0 aliphatic carbocycles. The van der Waals surface area contributed by atoms with E-state index in [2.05, 4.69) is 46.0 Å². The number of sulfonamides is 1. The molecular formula is C20H25BrN2O3S. The number of benzene rings is 2. The lowest BCUT2D eigenvalue weighted by molar-refractivity contribution is 0.0675. The standard InChI is InChI=1S/C20H25BrN2O3S/c1-15-8-9-16(19(21)11-15)12-23(14-18-6-4-10-26-18)13-17-5-2-3-7-20(17)27(22,24)25/h2-3,5,7-9,11,18H,4,6,10,12-14H2,1H3,(H2,22,24,25). The number of hydrogen-bond acceptors (Lipinski definition) is 4. The summed E-state index contributed by atoms with van der Waals surface area (Å²) in [4.78, 5) is 2.42. The summed E-state index contributed by atoms with van der Waals surface area (Å²) in [6.45, 7) is 4.78. The van der Waals surface area contributed by atoms with E-state index in [0.717, 1.165) is 36.0 Å². The molecule has 27 heavy (non-hydrogen) atoms. The monoisotopic (exact) mass is 452 g/mol. The maximum Gasteiger partial charge on any atom is 0.238 e. The highest BCUT2D eigenvalue weighted by molar-refractivity contribution is 9.10. The maximum atomic E-state index is 12.0. The molecule has 0 spiro atoms. The molecule has 1 saturated heterocycles. The second-order valence-electron chi connectivity index (χ2n) is 7.05. The Bertz CT molecular complexity index is 896. The first-order chi connectivity index (χ1) is 12.8. The Balaban J connectivity index is 1.86. The van der Waals surface area contributed by atoms with Crippen molar-refractivity contribution in [3.63, 3.8) is 0 Å². The topological polar surface area (TPSA) is 72.6 Å². The zero-order valence-corrected chi connectivity index (χ0v) is 17.8. The molecule has 1 aliphatic heterocycles. The number of primary sulfonamides is 1. The van der Waals surface area contributed by atoms with Crippen molar-refractivity contribution in [1.29, 1.82) is 0 Å². The van der Waals surface area contributed by atoms with Gasteiger partial charge in [-0.25, -0.2) is 13.6 Å². The Morgan fingerprint density at radius 3 is 2.59 bits per heavy atom. The molecule has 1 fully saturated rings. The summed E-state index contributed by atoms with van der Waals surface area (Å²) < 4.78 is 30.8. The average Bonchev–Trinajstić information content (AvgIpc) is 3.10. The van der Waals surface area contributed by atoms with Gasteiger partial charge in [-0.1, -0.05) is 46.3 Å². The van der Waals surface area contributed by atoms with Gasteiger partial charge in [-0.15, -0.1) is 0 Å². The Kier molecular flexibility index (Phi) is 6.70. The largest absolute Gasteiger partial charge is 0.377 e. The van der Waals surface area contributed by atoms with Crippen LogP contribution in [0.2, 0.25) is 0 Å². The second kappa shape index (κ2) is 8.84. The summed E-state index contributed by atoms with van der Waals surface area (Å²) in [5.41, 5.74) is 3.06. The van der Waals surface area contributed by atoms with Gasteiger partial charge in [-0.05, 0) is 48.6 Å². The fourth-order valence-electron chi connectivity index (χ4n) is 3.44. The van der Waals surface area contributed by atoms with Gasteiger partial charge in [0, 0.05) is 30.7 Å². The molecule has 0 bridgehead atoms. The predicted octanol–water partition coefficient (Wildman–Crippen LogP) is 3.59. The number of rotatable bonds is 7. The third-order valence-corrected chi connectivity index (χ3v) is 6.51. The van der Waals surface area contributed by atoms with E-state index in [0.29, 0.717) is 18.7 Å². The second-order valence-corrected chi connectivity index (χ2v) is 9.44. The van der Waals surface area contributed by atoms with Crippen LogP contribution in [0.1, 0.15) is 29.5 Å². The molecule has 0 amide bonds. The predicted molar refractivity (Wildman–Crippen MR) is 110 cm³/mol. The Labute approximate surface area is 169 Å². The minimum atomic E-state index is -3.76. The van der Waals surface area contributed by atoms with Crippen LogP contribution in [0.25, 0.3) is 0 Å². The fraction of sp³-hybridized carbons (Fsp3) is 0.400. The summed E-state index contributed by atoms with van der Waals surface area (Å²) in [6, 6.07) is 13.2. The van der Waals surface area contributed by atoms with Gasteiger partial charge < -0.3 is 4.74 Å². The van der Waals surface area contributed by atoms with Crippen LogP contribution in [0.3, 0.4) is 0 Å². The molecule has 0 radical (unpaired) electrons. The van der Waals surface area contributed by atoms with Gasteiger partial charge in [0.1, 0.15) is 0 Å². The van der Waals surface area contributed by atoms with Crippen LogP contribution >= 0.6 is 15.9 Å². The molecule has 1 unspecified atom stereocenters. The lowest BCUT2D eigenvalue weighted by atomic mass is 10.1. The van der Waals surface area contributed by atoms with Gasteiger partial charge in [0.25, 0.3) is 0 Å². The summed E-state index contributed by atoms with van der Waals surface area (Å²) in [5.74, 6) is 0. The fourth-order valence-corrected chi connectivity index (χ4v) is 4.82. The lowest BCUT2D eigenvalue weighted by Crippen LogP contribution is -2.32. The number of nitrogens with zero attached hydrogens (tertiary/aromatic N) is 1. The maximum absolute atomic E-state index is 12.0. The third-order valence-electron chi connectivity index (χ3n) is 4.76. The molecule has 2 aromatic carbocycles. The SMILES string of the molecule is Cc1ccc(CN(Cc2ccccc2S(N)(=O)=O)CC2CCCO2)c(Br)c1. The highest BCUT2D eigenvalue weighted by atomic mass is 79.9. The minimum Gasteiger partial charge on any atom is -0.377 e. The summed E-state index contributed by atoms with van der Waals surface area (Å²) in [6.07, 6.45) is 2.28. The van der Waals surface area contributed by atoms with E-state index < -0.39 is 10.0 Å². The van der Waals surface area contributed by atoms with Crippen molar-refractivity contribution < 1.29 is 13.2 Å². The van der Waals surface area contributed by atoms with E-state index in [4.69, 9.17) is 9.88 Å². The molecule has 1 aliphatic rings. The van der Waals surface area contributed by atoms with Crippen molar-refractivity contribution >= 4 is 26.0 Å². The molecule has 1 atom stereocenters. The van der Waals surface area contributed by atoms with E-state index >= 15 is 0 Å². The lowest BCUT2D eigenvalue weighted by Gasteiger charge is -2.26. The quantitative estimate of drug-likeness (QED) is 0.696. The Morgan fingerprint density at radius 2 is 1.93 bits per heavy atom. The molecule has 0 saturated carbocycles. The Hall–Kier alpha value is -1.25. The zero-order chi connectivity index (χ0) is 19.4. The van der Waals surface area contributed by atoms with Crippen LogP contribution in [0.5, 0.6) is 0 Å². The van der Waals surface area contributed by atoms with Gasteiger partial charge in [0.05, 0.1) is 11.0 Å². The minimum absolute atomic E-state index is 0.177. The van der Waals surface area contributed by atoms with Gasteiger partial charge in [0.15, 0.2) is 0 Å². The van der Waals surface area contributed by atoms with Crippen LogP contribution in [0.4, 0.5) is 0 Å². The number of ether oxygens (including phenoxy) is 1. The van der Waals surface area contributed by atoms with Crippen LogP contribution in [-0.4, -0.2) is 32.6 Å². The first-order valence-corrected chi connectivity index (χ1v) is 11.4. The molecule has 0 aromatic heterocycles. The van der Waals surface area contributed by atoms with Crippen molar-refractivity contribution in [2.45, 2.75) is 43.9 Å². The normalized spacial score (nSPS) is 17.6. The smallest absolute Gasteiger partial charge is 0.238 e. The van der Waals surface area contributed by atoms with Gasteiger partial charge in [0.2, 0.25) is 10.0 Å². The van der Waals surface area contributed by atoms with Crippen molar-refractivity contribution in [3.05, 3.63) is 63.6 Å². The van der Waals surface area contributed by atoms with E-state index in [-0.39, 0.29) is 11.0 Å². The molecule has 146 valence electrons. The number of nitrogens with two attached hydrogens (primary N) is 1. The molecule has 3 rings (SSSR count). The van der Waals surface area contributed by atoms with Crippen LogP contribution in [-0.2, 0) is 27.8 Å². The molecule has 7 heteroatoms. The summed E-state index contributed by atoms with van der Waals surface area (Å²) in [5, 5.41) is 5.41. The van der Waals surface area contributed by atoms with Crippen molar-refractivity contribution in [2.24, 2.45) is 5.14 Å². The van der Waals surface area contributed by atoms with Crippen molar-refractivity contribution in [1.82, 2.24) is 4.90 Å². The van der Waals surface area contributed by atoms with E-state index in [1.54, 1.807) is 12.1 Å². The van der Waals surface area contributed by atoms with Gasteiger partial charge in [-0.3, -0.25) is 4.90 Å². The number of aryl methyl sites for hydroxylation is 1. The van der Waals surface area contributed by atoms with Crippen LogP contribution < -0.4 is 5.14 Å². The van der Waals surface area contributed by atoms with Gasteiger partial charge in [-0.2, -0.15) is 0 Å². The van der Waals surface area contributed by atoms with Gasteiger partial charge >= 0.3 is 0 Å². The van der Waals surface area contributed by atoms with E-state index in [1.807, 2.05) is 12.1 Å². The van der Waals surface area contributed by atoms with Crippen molar-refractivity contribution in [2.75, 3.05) is 13.2 Å². The molecule has 1 heterocycles. The average molecular weight is 453 g/mol. The van der Waals surface area contributed by atoms with Crippen LogP contribution in [0, 0.1) is 6.92 Å². The number of hydrogen-bond donors (Lipinski definition) is 1. The van der Waals surface area contributed by atoms with Crippen LogP contribution in [0.15, 0.2) is 51.8 Å². The zero-order valence-electron chi connectivity index (χ0n) is 15.4. The third kappa shape index (κ3) is 5.62. The highest BCUT2D eigenvalue weighted by Gasteiger charge is 2.22. The molecular weight excluding hydrogens is 428 g/mol. The van der Waals surface area contributed by atoms with E-state index in [9.17, 15) is 8.42 Å². The highest BCUT2D eigenvalue weighted by Crippen LogP contribution is 2.24. The summed E-state index contributed by atoms with van der Waals surface area (Å²) in [7, 11) is -3.76. The molecule has 2 aromatic rings. The van der Waals surface area contributed by atoms with E-state index in [1.165, 1.54) is 5.56 Å².